The largest absolute Gasteiger partial charge is 0.325 e. The predicted molar refractivity (Wildman–Crippen MR) is 93.4 cm³/mol. The van der Waals surface area contributed by atoms with Gasteiger partial charge in [-0.25, -0.2) is 8.78 Å². The number of rotatable bonds is 6. The lowest BCUT2D eigenvalue weighted by molar-refractivity contribution is -0.123. The number of nitrogens with one attached hydrogen (secondary N) is 2. The maximum Gasteiger partial charge on any atom is 0.233 e. The van der Waals surface area contributed by atoms with Crippen LogP contribution in [0.2, 0.25) is 0 Å². The zero-order valence-electron chi connectivity index (χ0n) is 14.2. The Balaban J connectivity index is 2.04. The maximum atomic E-state index is 13.5. The Bertz CT molecular complexity index is 769. The summed E-state index contributed by atoms with van der Waals surface area (Å²) in [5, 5.41) is 5.04. The maximum absolute atomic E-state index is 13.5. The van der Waals surface area contributed by atoms with Gasteiger partial charge in [0.05, 0.1) is 5.69 Å². The Kier molecular flexibility index (Phi) is 6.22. The molecule has 0 fully saturated rings. The predicted octanol–water partition coefficient (Wildman–Crippen LogP) is 4.06. The molecule has 0 radical (unpaired) electrons. The van der Waals surface area contributed by atoms with E-state index in [-0.39, 0.29) is 5.69 Å². The first-order valence-electron chi connectivity index (χ1n) is 8.10. The van der Waals surface area contributed by atoms with Crippen molar-refractivity contribution >= 4 is 23.2 Å². The highest BCUT2D eigenvalue weighted by atomic mass is 19.1. The van der Waals surface area contributed by atoms with Crippen LogP contribution in [0, 0.1) is 11.6 Å². The van der Waals surface area contributed by atoms with Crippen LogP contribution in [-0.2, 0) is 22.4 Å². The van der Waals surface area contributed by atoms with Gasteiger partial charge in [0.2, 0.25) is 11.8 Å². The number of hydrogen-bond donors (Lipinski definition) is 2. The minimum Gasteiger partial charge on any atom is -0.325 e. The van der Waals surface area contributed by atoms with Crippen molar-refractivity contribution in [3.8, 4) is 0 Å². The highest BCUT2D eigenvalue weighted by Gasteiger charge is 2.15. The lowest BCUT2D eigenvalue weighted by Crippen LogP contribution is -2.23. The van der Waals surface area contributed by atoms with E-state index in [4.69, 9.17) is 0 Å². The lowest BCUT2D eigenvalue weighted by Gasteiger charge is -2.14. The second kappa shape index (κ2) is 8.37. The van der Waals surface area contributed by atoms with Crippen molar-refractivity contribution < 1.29 is 18.4 Å². The van der Waals surface area contributed by atoms with Gasteiger partial charge in [0.15, 0.2) is 0 Å². The summed E-state index contributed by atoms with van der Waals surface area (Å²) in [6.07, 6.45) is 1.03. The third-order valence-corrected chi connectivity index (χ3v) is 3.79. The zero-order valence-corrected chi connectivity index (χ0v) is 14.2. The van der Waals surface area contributed by atoms with Crippen LogP contribution >= 0.6 is 0 Å². The Morgan fingerprint density at radius 3 is 2.08 bits per heavy atom. The molecular weight excluding hydrogens is 326 g/mol. The molecule has 0 spiro atoms. The van der Waals surface area contributed by atoms with Gasteiger partial charge in [0.25, 0.3) is 0 Å². The fourth-order valence-electron chi connectivity index (χ4n) is 2.52. The number of anilines is 2. The standard InChI is InChI=1S/C19H20F2N2O2/c1-3-12-6-5-7-13(4-2)19(12)23-18(25)11-17(24)22-16-9-8-14(20)10-15(16)21/h5-10H,3-4,11H2,1-2H3,(H,22,24)(H,23,25). The molecule has 0 atom stereocenters. The highest BCUT2D eigenvalue weighted by Crippen LogP contribution is 2.23. The van der Waals surface area contributed by atoms with Gasteiger partial charge in [-0.15, -0.1) is 0 Å². The third kappa shape index (κ3) is 4.86. The van der Waals surface area contributed by atoms with E-state index >= 15 is 0 Å². The second-order valence-electron chi connectivity index (χ2n) is 5.56. The first-order chi connectivity index (χ1) is 11.9. The number of carbonyl (C=O) groups is 2. The van der Waals surface area contributed by atoms with Gasteiger partial charge >= 0.3 is 0 Å². The van der Waals surface area contributed by atoms with Crippen molar-refractivity contribution in [1.82, 2.24) is 0 Å². The molecule has 2 rings (SSSR count). The van der Waals surface area contributed by atoms with E-state index in [1.54, 1.807) is 0 Å². The molecule has 0 aliphatic rings. The van der Waals surface area contributed by atoms with Crippen LogP contribution in [0.25, 0.3) is 0 Å². The van der Waals surface area contributed by atoms with Gasteiger partial charge in [-0.1, -0.05) is 32.0 Å². The highest BCUT2D eigenvalue weighted by molar-refractivity contribution is 6.08. The molecule has 132 valence electrons. The summed E-state index contributed by atoms with van der Waals surface area (Å²) < 4.78 is 26.4. The fourth-order valence-corrected chi connectivity index (χ4v) is 2.52. The number of benzene rings is 2. The Hall–Kier alpha value is -2.76. The van der Waals surface area contributed by atoms with Gasteiger partial charge in [0, 0.05) is 11.8 Å². The minimum atomic E-state index is -0.890. The first kappa shape index (κ1) is 18.6. The Morgan fingerprint density at radius 1 is 0.920 bits per heavy atom. The van der Waals surface area contributed by atoms with E-state index in [2.05, 4.69) is 10.6 Å². The Labute approximate surface area is 145 Å². The van der Waals surface area contributed by atoms with E-state index in [1.807, 2.05) is 32.0 Å². The van der Waals surface area contributed by atoms with E-state index in [9.17, 15) is 18.4 Å². The van der Waals surface area contributed by atoms with Crippen molar-refractivity contribution in [2.24, 2.45) is 0 Å². The molecule has 2 aromatic carbocycles. The first-order valence-corrected chi connectivity index (χ1v) is 8.10. The van der Waals surface area contributed by atoms with Gasteiger partial charge in [-0.05, 0) is 36.1 Å². The molecule has 2 aromatic rings. The summed E-state index contributed by atoms with van der Waals surface area (Å²) >= 11 is 0. The van der Waals surface area contributed by atoms with Crippen molar-refractivity contribution in [1.29, 1.82) is 0 Å². The second-order valence-corrected chi connectivity index (χ2v) is 5.56. The van der Waals surface area contributed by atoms with Crippen LogP contribution in [0.15, 0.2) is 36.4 Å². The van der Waals surface area contributed by atoms with Crippen LogP contribution in [0.3, 0.4) is 0 Å². The number of amides is 2. The van der Waals surface area contributed by atoms with E-state index in [1.165, 1.54) is 0 Å². The number of carbonyl (C=O) groups excluding carboxylic acids is 2. The van der Waals surface area contributed by atoms with Gasteiger partial charge in [-0.2, -0.15) is 0 Å². The molecule has 4 nitrogen and oxygen atoms in total. The average molecular weight is 346 g/mol. The molecule has 25 heavy (non-hydrogen) atoms. The van der Waals surface area contributed by atoms with E-state index in [0.717, 1.165) is 41.8 Å². The summed E-state index contributed by atoms with van der Waals surface area (Å²) in [5.41, 5.74) is 2.52. The van der Waals surface area contributed by atoms with Crippen molar-refractivity contribution in [3.05, 3.63) is 59.2 Å². The molecule has 6 heteroatoms. The number of hydrogen-bond acceptors (Lipinski definition) is 2. The molecule has 0 saturated carbocycles. The molecule has 2 amide bonds. The summed E-state index contributed by atoms with van der Waals surface area (Å²) in [4.78, 5) is 24.1. The molecule has 0 aromatic heterocycles. The van der Waals surface area contributed by atoms with Crippen LogP contribution < -0.4 is 10.6 Å². The SMILES string of the molecule is CCc1cccc(CC)c1NC(=O)CC(=O)Nc1ccc(F)cc1F. The molecule has 0 aliphatic heterocycles. The molecular formula is C19H20F2N2O2. The number of aryl methyl sites for hydroxylation is 2. The molecule has 0 aliphatic carbocycles. The molecule has 0 saturated heterocycles. The lowest BCUT2D eigenvalue weighted by atomic mass is 10.0. The van der Waals surface area contributed by atoms with Crippen LogP contribution in [0.4, 0.5) is 20.2 Å². The minimum absolute atomic E-state index is 0.164. The molecule has 2 N–H and O–H groups in total. The summed E-state index contributed by atoms with van der Waals surface area (Å²) in [5.74, 6) is -2.79. The van der Waals surface area contributed by atoms with Crippen molar-refractivity contribution in [2.45, 2.75) is 33.1 Å². The van der Waals surface area contributed by atoms with Crippen LogP contribution in [0.5, 0.6) is 0 Å². The zero-order chi connectivity index (χ0) is 18.4. The fraction of sp³-hybridized carbons (Fsp3) is 0.263. The quantitative estimate of drug-likeness (QED) is 0.775. The monoisotopic (exact) mass is 346 g/mol. The van der Waals surface area contributed by atoms with Gasteiger partial charge < -0.3 is 10.6 Å². The Morgan fingerprint density at radius 2 is 1.52 bits per heavy atom. The molecule has 0 heterocycles. The van der Waals surface area contributed by atoms with Gasteiger partial charge in [-0.3, -0.25) is 9.59 Å². The van der Waals surface area contributed by atoms with Crippen molar-refractivity contribution in [2.75, 3.05) is 10.6 Å². The third-order valence-electron chi connectivity index (χ3n) is 3.79. The smallest absolute Gasteiger partial charge is 0.233 e. The van der Waals surface area contributed by atoms with E-state index < -0.39 is 29.9 Å². The average Bonchev–Trinajstić information content (AvgIpc) is 2.57. The number of halogens is 2. The van der Waals surface area contributed by atoms with Crippen LogP contribution in [-0.4, -0.2) is 11.8 Å². The van der Waals surface area contributed by atoms with Gasteiger partial charge in [0.1, 0.15) is 18.1 Å². The topological polar surface area (TPSA) is 58.2 Å². The number of para-hydroxylation sites is 1. The molecule has 0 unspecified atom stereocenters. The van der Waals surface area contributed by atoms with E-state index in [0.29, 0.717) is 6.07 Å². The molecule has 0 bridgehead atoms. The summed E-state index contributed by atoms with van der Waals surface area (Å²) in [6.45, 7) is 3.96. The summed E-state index contributed by atoms with van der Waals surface area (Å²) in [6, 6.07) is 8.58. The summed E-state index contributed by atoms with van der Waals surface area (Å²) in [7, 11) is 0. The normalized spacial score (nSPS) is 10.4. The van der Waals surface area contributed by atoms with Crippen molar-refractivity contribution in [3.63, 3.8) is 0 Å². The van der Waals surface area contributed by atoms with Crippen LogP contribution in [0.1, 0.15) is 31.4 Å².